The van der Waals surface area contributed by atoms with Crippen LogP contribution in [0.15, 0.2) is 67.0 Å². The molecule has 3 fully saturated rings. The highest BCUT2D eigenvalue weighted by atomic mass is 32.2. The molecule has 1 saturated carbocycles. The van der Waals surface area contributed by atoms with Crippen LogP contribution in [0.1, 0.15) is 60.6 Å². The summed E-state index contributed by atoms with van der Waals surface area (Å²) in [4.78, 5) is 34.3. The molecule has 10 heteroatoms. The molecule has 0 spiro atoms. The monoisotopic (exact) mass is 618 g/mol. The average Bonchev–Trinajstić information content (AvgIpc) is 3.50. The van der Waals surface area contributed by atoms with E-state index in [9.17, 15) is 19.8 Å². The number of carboxylic acid groups (broad SMARTS) is 1. The van der Waals surface area contributed by atoms with E-state index in [1.54, 1.807) is 11.2 Å². The topological polar surface area (TPSA) is 108 Å². The lowest BCUT2D eigenvalue weighted by Crippen LogP contribution is -2.57. The van der Waals surface area contributed by atoms with Gasteiger partial charge < -0.3 is 29.3 Å². The van der Waals surface area contributed by atoms with Crippen LogP contribution in [-0.4, -0.2) is 97.1 Å². The molecule has 1 aliphatic carbocycles. The fourth-order valence-electron chi connectivity index (χ4n) is 7.00. The number of benzene rings is 2. The molecule has 2 saturated heterocycles. The van der Waals surface area contributed by atoms with E-state index in [0.717, 1.165) is 54.7 Å². The standard InChI is InChI=1S/C34H42N4O5S/c39-32(37-18-17-36(33(40)41)22-27(37)21-25-9-3-1-4-10-25)30-31(26-11-5-2-6-12-26)38(24-35-30)29-13-7-8-16-34(29,42)23-43-28-14-19-44-20-15-28/h1-6,9-12,24,27-29,42H,7-8,13-23H2,(H,40,41)/t27-,29?,34?/m1/s1. The third kappa shape index (κ3) is 6.67. The zero-order valence-electron chi connectivity index (χ0n) is 25.1. The average molecular weight is 619 g/mol. The molecule has 3 aliphatic rings. The molecular formula is C34H42N4O5S. The number of thioether (sulfide) groups is 1. The summed E-state index contributed by atoms with van der Waals surface area (Å²) >= 11 is 1.95. The predicted octanol–water partition coefficient (Wildman–Crippen LogP) is 5.36. The first-order chi connectivity index (χ1) is 21.4. The second kappa shape index (κ2) is 13.7. The fourth-order valence-corrected chi connectivity index (χ4v) is 8.07. The van der Waals surface area contributed by atoms with Crippen LogP contribution in [-0.2, 0) is 11.2 Å². The van der Waals surface area contributed by atoms with Crippen LogP contribution < -0.4 is 0 Å². The second-order valence-electron chi connectivity index (χ2n) is 12.3. The summed E-state index contributed by atoms with van der Waals surface area (Å²) in [7, 11) is 0. The summed E-state index contributed by atoms with van der Waals surface area (Å²) in [6, 6.07) is 19.0. The van der Waals surface area contributed by atoms with Crippen molar-refractivity contribution in [2.75, 3.05) is 37.7 Å². The lowest BCUT2D eigenvalue weighted by molar-refractivity contribution is -0.117. The van der Waals surface area contributed by atoms with E-state index in [2.05, 4.69) is 0 Å². The van der Waals surface area contributed by atoms with Gasteiger partial charge in [-0.1, -0.05) is 73.5 Å². The van der Waals surface area contributed by atoms with Crippen LogP contribution in [0.4, 0.5) is 4.79 Å². The van der Waals surface area contributed by atoms with Crippen molar-refractivity contribution in [1.82, 2.24) is 19.4 Å². The molecule has 6 rings (SSSR count). The number of piperazine rings is 1. The summed E-state index contributed by atoms with van der Waals surface area (Å²) in [6.45, 7) is 1.02. The van der Waals surface area contributed by atoms with Gasteiger partial charge in [-0.2, -0.15) is 11.8 Å². The molecule has 1 aromatic heterocycles. The molecule has 0 bridgehead atoms. The molecule has 2 aromatic carbocycles. The van der Waals surface area contributed by atoms with Crippen LogP contribution in [0.5, 0.6) is 0 Å². The van der Waals surface area contributed by atoms with Crippen molar-refractivity contribution in [1.29, 1.82) is 0 Å². The molecular weight excluding hydrogens is 576 g/mol. The maximum Gasteiger partial charge on any atom is 0.407 e. The quantitative estimate of drug-likeness (QED) is 0.350. The molecule has 3 atom stereocenters. The van der Waals surface area contributed by atoms with Gasteiger partial charge in [-0.15, -0.1) is 0 Å². The molecule has 2 amide bonds. The van der Waals surface area contributed by atoms with Gasteiger partial charge in [0, 0.05) is 25.2 Å². The minimum atomic E-state index is -1.07. The first-order valence-corrected chi connectivity index (χ1v) is 16.9. The Morgan fingerprint density at radius 2 is 1.70 bits per heavy atom. The van der Waals surface area contributed by atoms with Crippen LogP contribution >= 0.6 is 11.8 Å². The van der Waals surface area contributed by atoms with E-state index in [1.807, 2.05) is 77.0 Å². The number of hydrogen-bond donors (Lipinski definition) is 2. The van der Waals surface area contributed by atoms with Crippen LogP contribution in [0.3, 0.4) is 0 Å². The Kier molecular flexibility index (Phi) is 9.59. The zero-order valence-corrected chi connectivity index (χ0v) is 25.9. The number of imidazole rings is 1. The normalized spacial score (nSPS) is 24.8. The molecule has 2 aliphatic heterocycles. The van der Waals surface area contributed by atoms with Gasteiger partial charge in [0.15, 0.2) is 5.69 Å². The summed E-state index contributed by atoms with van der Waals surface area (Å²) in [5.41, 5.74) is 1.84. The third-order valence-electron chi connectivity index (χ3n) is 9.40. The number of aliphatic hydroxyl groups is 1. The van der Waals surface area contributed by atoms with Crippen molar-refractivity contribution >= 4 is 23.8 Å². The number of aromatic nitrogens is 2. The van der Waals surface area contributed by atoms with Crippen molar-refractivity contribution in [3.8, 4) is 11.3 Å². The van der Waals surface area contributed by atoms with E-state index < -0.39 is 11.7 Å². The van der Waals surface area contributed by atoms with Gasteiger partial charge in [-0.3, -0.25) is 4.79 Å². The maximum atomic E-state index is 14.5. The van der Waals surface area contributed by atoms with Crippen LogP contribution in [0.2, 0.25) is 0 Å². The van der Waals surface area contributed by atoms with Crippen molar-refractivity contribution in [3.63, 3.8) is 0 Å². The Labute approximate surface area is 263 Å². The van der Waals surface area contributed by atoms with E-state index in [0.29, 0.717) is 24.2 Å². The second-order valence-corrected chi connectivity index (χ2v) is 13.5. The van der Waals surface area contributed by atoms with Crippen LogP contribution in [0.25, 0.3) is 11.3 Å². The molecule has 2 N–H and O–H groups in total. The first kappa shape index (κ1) is 30.7. The Bertz CT molecular complexity index is 1410. The number of nitrogens with zero attached hydrogens (tertiary/aromatic N) is 4. The number of carbonyl (C=O) groups excluding carboxylic acids is 1. The van der Waals surface area contributed by atoms with E-state index in [-0.39, 0.29) is 50.3 Å². The van der Waals surface area contributed by atoms with E-state index in [4.69, 9.17) is 9.72 Å². The first-order valence-electron chi connectivity index (χ1n) is 15.8. The summed E-state index contributed by atoms with van der Waals surface area (Å²) in [5, 5.41) is 21.9. The number of amides is 2. The number of carbonyl (C=O) groups is 2. The molecule has 2 unspecified atom stereocenters. The molecule has 3 heterocycles. The Morgan fingerprint density at radius 3 is 2.43 bits per heavy atom. The number of rotatable bonds is 8. The largest absolute Gasteiger partial charge is 0.465 e. The molecule has 0 radical (unpaired) electrons. The Balaban J connectivity index is 1.33. The van der Waals surface area contributed by atoms with Gasteiger partial charge in [0.1, 0.15) is 5.60 Å². The highest BCUT2D eigenvalue weighted by Crippen LogP contribution is 2.42. The van der Waals surface area contributed by atoms with Crippen molar-refractivity contribution < 1.29 is 24.5 Å². The maximum absolute atomic E-state index is 14.5. The molecule has 234 valence electrons. The van der Waals surface area contributed by atoms with Crippen molar-refractivity contribution in [3.05, 3.63) is 78.2 Å². The van der Waals surface area contributed by atoms with Crippen LogP contribution in [0, 0.1) is 0 Å². The van der Waals surface area contributed by atoms with Gasteiger partial charge in [-0.25, -0.2) is 9.78 Å². The number of ether oxygens (including phenoxy) is 1. The zero-order chi connectivity index (χ0) is 30.5. The minimum absolute atomic E-state index is 0.169. The Morgan fingerprint density at radius 1 is 0.977 bits per heavy atom. The molecule has 3 aromatic rings. The smallest absolute Gasteiger partial charge is 0.407 e. The van der Waals surface area contributed by atoms with Crippen molar-refractivity contribution in [2.45, 2.75) is 68.7 Å². The minimum Gasteiger partial charge on any atom is -0.465 e. The van der Waals surface area contributed by atoms with Gasteiger partial charge >= 0.3 is 6.09 Å². The van der Waals surface area contributed by atoms with Gasteiger partial charge in [-0.05, 0) is 49.2 Å². The third-order valence-corrected chi connectivity index (χ3v) is 10.5. The SMILES string of the molecule is O=C(O)N1CCN(C(=O)c2ncn(C3CCCCC3(O)COC3CCSCC3)c2-c2ccccc2)[C@H](Cc2ccccc2)C1. The summed E-state index contributed by atoms with van der Waals surface area (Å²) < 4.78 is 8.36. The highest BCUT2D eigenvalue weighted by Gasteiger charge is 2.43. The highest BCUT2D eigenvalue weighted by molar-refractivity contribution is 7.99. The van der Waals surface area contributed by atoms with Gasteiger partial charge in [0.05, 0.1) is 36.8 Å². The lowest BCUT2D eigenvalue weighted by Gasteiger charge is -2.42. The predicted molar refractivity (Wildman–Crippen MR) is 171 cm³/mol. The van der Waals surface area contributed by atoms with Crippen molar-refractivity contribution in [2.24, 2.45) is 0 Å². The lowest BCUT2D eigenvalue weighted by atomic mass is 9.80. The summed E-state index contributed by atoms with van der Waals surface area (Å²) in [5.74, 6) is 1.96. The van der Waals surface area contributed by atoms with Gasteiger partial charge in [0.2, 0.25) is 0 Å². The summed E-state index contributed by atoms with van der Waals surface area (Å²) in [6.07, 6.45) is 6.74. The molecule has 9 nitrogen and oxygen atoms in total. The number of hydrogen-bond acceptors (Lipinski definition) is 6. The Hall–Kier alpha value is -3.34. The van der Waals surface area contributed by atoms with E-state index >= 15 is 0 Å². The van der Waals surface area contributed by atoms with Gasteiger partial charge in [0.25, 0.3) is 5.91 Å². The van der Waals surface area contributed by atoms with E-state index in [1.165, 1.54) is 4.90 Å². The molecule has 44 heavy (non-hydrogen) atoms. The fraction of sp³-hybridized carbons (Fsp3) is 0.500.